The van der Waals surface area contributed by atoms with Gasteiger partial charge in [0.25, 0.3) is 0 Å². The van der Waals surface area contributed by atoms with E-state index >= 15 is 0 Å². The van der Waals surface area contributed by atoms with E-state index in [1.807, 2.05) is 0 Å². The van der Waals surface area contributed by atoms with Gasteiger partial charge in [-0.1, -0.05) is 0 Å². The quantitative estimate of drug-likeness (QED) is 0.438. The molecule has 4 heavy (non-hydrogen) atoms. The summed E-state index contributed by atoms with van der Waals surface area (Å²) in [6.45, 7) is 0. The Bertz CT molecular complexity index is 6.00. The fourth-order valence-electron chi connectivity index (χ4n) is 0. The van der Waals surface area contributed by atoms with Crippen LogP contribution < -0.4 is 0 Å². The zero-order chi connectivity index (χ0) is 3.41. The Balaban J connectivity index is 1.97. The maximum absolute atomic E-state index is 4.04. The summed E-state index contributed by atoms with van der Waals surface area (Å²) in [5, 5.41) is 0. The van der Waals surface area contributed by atoms with E-state index in [-0.39, 0.29) is 0 Å². The van der Waals surface area contributed by atoms with Gasteiger partial charge >= 0.3 is 45.8 Å². The molecule has 0 unspecified atom stereocenters. The molecule has 2 nitrogen and oxygen atoms in total. The van der Waals surface area contributed by atoms with Crippen molar-refractivity contribution in [1.29, 1.82) is 0 Å². The molecule has 0 saturated heterocycles. The molecule has 0 spiro atoms. The zero-order valence-corrected chi connectivity index (χ0v) is 6.27. The van der Waals surface area contributed by atoms with Gasteiger partial charge in [0, 0.05) is 0 Å². The van der Waals surface area contributed by atoms with Crippen LogP contribution in [0.15, 0.2) is 0 Å². The average molecular weight is 416 g/mol. The molecule has 30 valence electrons. The summed E-state index contributed by atoms with van der Waals surface area (Å²) in [6, 6.07) is 0. The minimum absolute atomic E-state index is 1.46. The topological polar surface area (TPSA) is 18.5 Å². The first-order valence-corrected chi connectivity index (χ1v) is 2.39. The average Bonchev–Trinajstić information content (AvgIpc) is 1.37. The van der Waals surface area contributed by atoms with Gasteiger partial charge in [-0.15, -0.1) is 0 Å². The zero-order valence-electron chi connectivity index (χ0n) is 1.48. The molecule has 0 aromatic carbocycles. The Labute approximate surface area is 46.0 Å². The summed E-state index contributed by atoms with van der Waals surface area (Å²) in [5.41, 5.74) is 0. The van der Waals surface area contributed by atoms with Crippen molar-refractivity contribution >= 4 is 0 Å². The fourth-order valence-corrected chi connectivity index (χ4v) is 0. The van der Waals surface area contributed by atoms with Crippen LogP contribution in [0.3, 0.4) is 0 Å². The second-order valence-corrected chi connectivity index (χ2v) is 0.909. The molecule has 0 aromatic rings. The van der Waals surface area contributed by atoms with Crippen molar-refractivity contribution in [3.05, 3.63) is 0 Å². The van der Waals surface area contributed by atoms with Crippen LogP contribution in [0.1, 0.15) is 0 Å². The van der Waals surface area contributed by atoms with Crippen LogP contribution in [0.25, 0.3) is 0 Å². The fraction of sp³-hybridized carbons (Fsp3) is 0. The molecule has 0 rings (SSSR count). The SMILES string of the molecule is [Ir][O][O][Ir]. The standard InChI is InChI=1S/2Ir.O2/c;;1-2/q2*+1;-2. The molecule has 0 aliphatic rings. The third-order valence-electron chi connectivity index (χ3n) is 0.0185. The van der Waals surface area contributed by atoms with Crippen molar-refractivity contribution in [3.63, 3.8) is 0 Å². The van der Waals surface area contributed by atoms with Gasteiger partial charge in [0.1, 0.15) is 0 Å². The van der Waals surface area contributed by atoms with E-state index in [1.165, 1.54) is 38.5 Å². The van der Waals surface area contributed by atoms with Crippen LogP contribution in [0.4, 0.5) is 0 Å². The van der Waals surface area contributed by atoms with Crippen molar-refractivity contribution in [3.8, 4) is 0 Å². The molecule has 4 heteroatoms. The van der Waals surface area contributed by atoms with Gasteiger partial charge in [0.2, 0.25) is 0 Å². The molecule has 0 N–H and O–H groups in total. The van der Waals surface area contributed by atoms with Crippen LogP contribution in [-0.4, -0.2) is 0 Å². The van der Waals surface area contributed by atoms with Crippen LogP contribution in [0.2, 0.25) is 0 Å². The van der Waals surface area contributed by atoms with Crippen molar-refractivity contribution in [2.24, 2.45) is 0 Å². The van der Waals surface area contributed by atoms with Gasteiger partial charge in [-0.2, -0.15) is 0 Å². The molecule has 0 heterocycles. The van der Waals surface area contributed by atoms with E-state index in [4.69, 9.17) is 0 Å². The molecule has 0 fully saturated rings. The number of rotatable bonds is 1. The Kier molecular flexibility index (Phi) is 5.50. The van der Waals surface area contributed by atoms with Crippen LogP contribution >= 0.6 is 0 Å². The number of hydrogen-bond acceptors (Lipinski definition) is 2. The summed E-state index contributed by atoms with van der Waals surface area (Å²) < 4.78 is 8.08. The summed E-state index contributed by atoms with van der Waals surface area (Å²) in [7, 11) is 0. The first-order chi connectivity index (χ1) is 1.91. The van der Waals surface area contributed by atoms with Gasteiger partial charge in [0.15, 0.2) is 0 Å². The molecular formula is Ir2O2. The summed E-state index contributed by atoms with van der Waals surface area (Å²) in [5.74, 6) is 0. The third kappa shape index (κ3) is 3.22. The Hall–Kier alpha value is 1.22. The van der Waals surface area contributed by atoms with Crippen molar-refractivity contribution in [1.82, 2.24) is 0 Å². The van der Waals surface area contributed by atoms with Crippen LogP contribution in [0.5, 0.6) is 0 Å². The molecule has 0 atom stereocenters. The molecule has 0 aliphatic carbocycles. The van der Waals surface area contributed by atoms with Gasteiger partial charge in [-0.3, -0.25) is 0 Å². The van der Waals surface area contributed by atoms with Crippen molar-refractivity contribution in [2.75, 3.05) is 0 Å². The molecule has 0 saturated carbocycles. The molecule has 0 aliphatic heterocycles. The van der Waals surface area contributed by atoms with Gasteiger partial charge < -0.3 is 0 Å². The predicted molar refractivity (Wildman–Crippen MR) is 2.17 cm³/mol. The molecule has 0 bridgehead atoms. The minimum atomic E-state index is 1.46. The maximum atomic E-state index is 4.04. The summed E-state index contributed by atoms with van der Waals surface area (Å²) >= 11 is 2.92. The second kappa shape index (κ2) is 4.22. The van der Waals surface area contributed by atoms with E-state index in [1.54, 1.807) is 0 Å². The summed E-state index contributed by atoms with van der Waals surface area (Å²) in [6.07, 6.45) is 0. The molecular weight excluding hydrogens is 416 g/mol. The predicted octanol–water partition coefficient (Wildman–Crippen LogP) is -0.142. The van der Waals surface area contributed by atoms with E-state index in [0.29, 0.717) is 0 Å². The van der Waals surface area contributed by atoms with E-state index < -0.39 is 0 Å². The van der Waals surface area contributed by atoms with Gasteiger partial charge in [-0.25, -0.2) is 0 Å². The van der Waals surface area contributed by atoms with E-state index in [9.17, 15) is 0 Å². The molecule has 0 aromatic heterocycles. The number of hydrogen-bond donors (Lipinski definition) is 0. The van der Waals surface area contributed by atoms with Crippen LogP contribution in [0, 0.1) is 0 Å². The Morgan fingerprint density at radius 3 is 1.25 bits per heavy atom. The van der Waals surface area contributed by atoms with Crippen LogP contribution in [-0.2, 0) is 45.8 Å². The Morgan fingerprint density at radius 1 is 1.00 bits per heavy atom. The van der Waals surface area contributed by atoms with Crippen molar-refractivity contribution < 1.29 is 45.8 Å². The van der Waals surface area contributed by atoms with E-state index in [0.717, 1.165) is 0 Å². The summed E-state index contributed by atoms with van der Waals surface area (Å²) in [4.78, 5) is 0. The van der Waals surface area contributed by atoms with Gasteiger partial charge in [0.05, 0.1) is 0 Å². The van der Waals surface area contributed by atoms with Crippen molar-refractivity contribution in [2.45, 2.75) is 0 Å². The first kappa shape index (κ1) is 5.22. The second-order valence-electron chi connectivity index (χ2n) is 0.111. The monoisotopic (exact) mass is 418 g/mol. The molecule has 0 radical (unpaired) electrons. The Morgan fingerprint density at radius 2 is 1.25 bits per heavy atom. The van der Waals surface area contributed by atoms with Gasteiger partial charge in [-0.05, 0) is 0 Å². The normalized spacial score (nSPS) is 8.00. The van der Waals surface area contributed by atoms with E-state index in [2.05, 4.69) is 7.29 Å². The first-order valence-electron chi connectivity index (χ1n) is 0.439. The molecule has 0 amide bonds. The third-order valence-corrected chi connectivity index (χ3v) is 1.24.